The van der Waals surface area contributed by atoms with Crippen LogP contribution in [-0.4, -0.2) is 63.8 Å². The fourth-order valence-corrected chi connectivity index (χ4v) is 2.74. The molecule has 1 fully saturated rings. The molecule has 1 saturated heterocycles. The van der Waals surface area contributed by atoms with E-state index < -0.39 is 0 Å². The van der Waals surface area contributed by atoms with Gasteiger partial charge in [-0.25, -0.2) is 4.68 Å². The number of amides is 2. The third kappa shape index (κ3) is 3.02. The van der Waals surface area contributed by atoms with Gasteiger partial charge in [0.15, 0.2) is 5.69 Å². The fourth-order valence-electron chi connectivity index (χ4n) is 2.74. The molecule has 126 valence electrons. The highest BCUT2D eigenvalue weighted by molar-refractivity contribution is 5.91. The number of hydrogen-bond donors (Lipinski definition) is 0. The highest BCUT2D eigenvalue weighted by Crippen LogP contribution is 2.26. The van der Waals surface area contributed by atoms with Crippen molar-refractivity contribution in [2.24, 2.45) is 0 Å². The standard InChI is InChI=1S/C17H21N5O2/c1-12(13-7-5-4-6-8-13)16(23)21-9-14(10-21)22-11-15(18-19-22)17(24)20(2)3/h4-8,11-12,14H,9-10H2,1-3H3. The molecule has 0 spiro atoms. The molecule has 24 heavy (non-hydrogen) atoms. The highest BCUT2D eigenvalue weighted by atomic mass is 16.2. The minimum atomic E-state index is -0.175. The lowest BCUT2D eigenvalue weighted by atomic mass is 9.97. The van der Waals surface area contributed by atoms with Gasteiger partial charge < -0.3 is 9.80 Å². The molecule has 0 saturated carbocycles. The first-order valence-electron chi connectivity index (χ1n) is 7.94. The quantitative estimate of drug-likeness (QED) is 0.845. The van der Waals surface area contributed by atoms with E-state index in [1.165, 1.54) is 4.90 Å². The molecule has 2 heterocycles. The number of benzene rings is 1. The van der Waals surface area contributed by atoms with Crippen LogP contribution in [0.25, 0.3) is 0 Å². The molecule has 0 N–H and O–H groups in total. The van der Waals surface area contributed by atoms with Gasteiger partial charge in [0.05, 0.1) is 18.2 Å². The maximum atomic E-state index is 12.5. The van der Waals surface area contributed by atoms with E-state index in [1.807, 2.05) is 42.2 Å². The van der Waals surface area contributed by atoms with E-state index in [2.05, 4.69) is 10.3 Å². The maximum Gasteiger partial charge on any atom is 0.275 e. The van der Waals surface area contributed by atoms with Crippen molar-refractivity contribution in [1.82, 2.24) is 24.8 Å². The summed E-state index contributed by atoms with van der Waals surface area (Å²) in [5, 5.41) is 7.93. The molecule has 0 radical (unpaired) electrons. The molecule has 2 aromatic rings. The summed E-state index contributed by atoms with van der Waals surface area (Å²) in [6.45, 7) is 3.11. The lowest BCUT2D eigenvalue weighted by Gasteiger charge is -2.40. The van der Waals surface area contributed by atoms with E-state index in [9.17, 15) is 9.59 Å². The number of hydrogen-bond acceptors (Lipinski definition) is 4. The van der Waals surface area contributed by atoms with Crippen molar-refractivity contribution in [1.29, 1.82) is 0 Å². The lowest BCUT2D eigenvalue weighted by molar-refractivity contribution is -0.138. The van der Waals surface area contributed by atoms with Gasteiger partial charge in [0, 0.05) is 27.2 Å². The molecule has 0 aliphatic carbocycles. The van der Waals surface area contributed by atoms with E-state index in [4.69, 9.17) is 0 Å². The fraction of sp³-hybridized carbons (Fsp3) is 0.412. The first-order chi connectivity index (χ1) is 11.5. The van der Waals surface area contributed by atoms with Crippen LogP contribution in [0.2, 0.25) is 0 Å². The maximum absolute atomic E-state index is 12.5. The molecule has 0 bridgehead atoms. The second kappa shape index (κ2) is 6.43. The molecule has 1 aromatic carbocycles. The van der Waals surface area contributed by atoms with Crippen LogP contribution in [0, 0.1) is 0 Å². The molecule has 1 aliphatic rings. The van der Waals surface area contributed by atoms with E-state index in [-0.39, 0.29) is 23.8 Å². The normalized spacial score (nSPS) is 15.7. The van der Waals surface area contributed by atoms with Gasteiger partial charge in [-0.05, 0) is 12.5 Å². The summed E-state index contributed by atoms with van der Waals surface area (Å²) in [6.07, 6.45) is 1.65. The van der Waals surface area contributed by atoms with Crippen molar-refractivity contribution in [3.8, 4) is 0 Å². The van der Waals surface area contributed by atoms with E-state index in [1.54, 1.807) is 25.0 Å². The Kier molecular flexibility index (Phi) is 4.33. The molecule has 2 amide bonds. The summed E-state index contributed by atoms with van der Waals surface area (Å²) >= 11 is 0. The SMILES string of the molecule is CC(C(=O)N1CC(n2cc(C(=O)N(C)C)nn2)C1)c1ccccc1. The zero-order chi connectivity index (χ0) is 17.3. The summed E-state index contributed by atoms with van der Waals surface area (Å²) in [6, 6.07) is 9.84. The minimum absolute atomic E-state index is 0.0770. The van der Waals surface area contributed by atoms with Crippen molar-refractivity contribution in [2.45, 2.75) is 18.9 Å². The first-order valence-corrected chi connectivity index (χ1v) is 7.94. The number of carbonyl (C=O) groups excluding carboxylic acids is 2. The Bertz CT molecular complexity index is 734. The van der Waals surface area contributed by atoms with Gasteiger partial charge in [0.25, 0.3) is 5.91 Å². The van der Waals surface area contributed by atoms with E-state index >= 15 is 0 Å². The predicted octanol–water partition coefficient (Wildman–Crippen LogP) is 1.17. The molecule has 3 rings (SSSR count). The smallest absolute Gasteiger partial charge is 0.275 e. The molecule has 1 unspecified atom stereocenters. The Labute approximate surface area is 140 Å². The van der Waals surface area contributed by atoms with Gasteiger partial charge in [0.1, 0.15) is 0 Å². The molecular weight excluding hydrogens is 306 g/mol. The summed E-state index contributed by atoms with van der Waals surface area (Å²) < 4.78 is 1.67. The molecule has 7 nitrogen and oxygen atoms in total. The Balaban J connectivity index is 1.59. The first kappa shape index (κ1) is 16.2. The van der Waals surface area contributed by atoms with Gasteiger partial charge in [-0.3, -0.25) is 9.59 Å². The van der Waals surface area contributed by atoms with Crippen LogP contribution in [0.15, 0.2) is 36.5 Å². The van der Waals surface area contributed by atoms with Crippen LogP contribution >= 0.6 is 0 Å². The van der Waals surface area contributed by atoms with Crippen LogP contribution in [0.3, 0.4) is 0 Å². The largest absolute Gasteiger partial charge is 0.343 e. The number of nitrogens with zero attached hydrogens (tertiary/aromatic N) is 5. The Morgan fingerprint density at radius 1 is 1.21 bits per heavy atom. The zero-order valence-electron chi connectivity index (χ0n) is 14.1. The molecule has 1 aromatic heterocycles. The highest BCUT2D eigenvalue weighted by Gasteiger charge is 2.35. The number of aromatic nitrogens is 3. The van der Waals surface area contributed by atoms with Crippen molar-refractivity contribution in [3.63, 3.8) is 0 Å². The second-order valence-corrected chi connectivity index (χ2v) is 6.31. The van der Waals surface area contributed by atoms with Crippen LogP contribution in [-0.2, 0) is 4.79 Å². The van der Waals surface area contributed by atoms with Crippen molar-refractivity contribution < 1.29 is 9.59 Å². The second-order valence-electron chi connectivity index (χ2n) is 6.31. The van der Waals surface area contributed by atoms with Gasteiger partial charge in [-0.15, -0.1) is 5.10 Å². The van der Waals surface area contributed by atoms with Crippen molar-refractivity contribution in [3.05, 3.63) is 47.8 Å². The van der Waals surface area contributed by atoms with Crippen LogP contribution in [0.4, 0.5) is 0 Å². The van der Waals surface area contributed by atoms with Crippen LogP contribution in [0.5, 0.6) is 0 Å². The average Bonchev–Trinajstić information content (AvgIpc) is 3.02. The Morgan fingerprint density at radius 3 is 2.50 bits per heavy atom. The van der Waals surface area contributed by atoms with E-state index in [0.717, 1.165) is 5.56 Å². The van der Waals surface area contributed by atoms with Crippen molar-refractivity contribution in [2.75, 3.05) is 27.2 Å². The van der Waals surface area contributed by atoms with Crippen LogP contribution in [0.1, 0.15) is 34.9 Å². The van der Waals surface area contributed by atoms with Gasteiger partial charge in [-0.1, -0.05) is 35.5 Å². The third-order valence-electron chi connectivity index (χ3n) is 4.35. The average molecular weight is 327 g/mol. The molecule has 1 aliphatic heterocycles. The Hall–Kier alpha value is -2.70. The van der Waals surface area contributed by atoms with Crippen molar-refractivity contribution >= 4 is 11.8 Å². The summed E-state index contributed by atoms with van der Waals surface area (Å²) in [5.41, 5.74) is 1.34. The van der Waals surface area contributed by atoms with Gasteiger partial charge in [0.2, 0.25) is 5.91 Å². The summed E-state index contributed by atoms with van der Waals surface area (Å²) in [4.78, 5) is 27.7. The Morgan fingerprint density at radius 2 is 1.88 bits per heavy atom. The monoisotopic (exact) mass is 327 g/mol. The molecule has 7 heteroatoms. The van der Waals surface area contributed by atoms with Gasteiger partial charge in [-0.2, -0.15) is 0 Å². The third-order valence-corrected chi connectivity index (χ3v) is 4.35. The summed E-state index contributed by atoms with van der Waals surface area (Å²) in [7, 11) is 3.35. The van der Waals surface area contributed by atoms with E-state index in [0.29, 0.717) is 18.8 Å². The number of likely N-dealkylation sites (tertiary alicyclic amines) is 1. The summed E-state index contributed by atoms with van der Waals surface area (Å²) in [5.74, 6) is -0.220. The zero-order valence-corrected chi connectivity index (χ0v) is 14.1. The number of rotatable bonds is 4. The lowest BCUT2D eigenvalue weighted by Crippen LogP contribution is -2.52. The molecular formula is C17H21N5O2. The predicted molar refractivity (Wildman–Crippen MR) is 88.5 cm³/mol. The topological polar surface area (TPSA) is 71.3 Å². The van der Waals surface area contributed by atoms with Gasteiger partial charge >= 0.3 is 0 Å². The minimum Gasteiger partial charge on any atom is -0.343 e. The molecule has 1 atom stereocenters. The van der Waals surface area contributed by atoms with Crippen LogP contribution < -0.4 is 0 Å². The number of carbonyl (C=O) groups is 2.